The number of nitriles is 1. The van der Waals surface area contributed by atoms with E-state index in [1.807, 2.05) is 6.07 Å². The summed E-state index contributed by atoms with van der Waals surface area (Å²) >= 11 is 0. The van der Waals surface area contributed by atoms with Gasteiger partial charge in [0.1, 0.15) is 12.6 Å². The molecule has 3 amide bonds. The maximum Gasteiger partial charge on any atom is 0.243 e. The van der Waals surface area contributed by atoms with Crippen LogP contribution < -0.4 is 4.74 Å². The van der Waals surface area contributed by atoms with Crippen LogP contribution in [0.3, 0.4) is 0 Å². The predicted molar refractivity (Wildman–Crippen MR) is 75.9 cm³/mol. The molecule has 2 aliphatic heterocycles. The molecule has 0 N–H and O–H groups in total. The maximum atomic E-state index is 12.0. The van der Waals surface area contributed by atoms with Gasteiger partial charge in [-0.3, -0.25) is 19.3 Å². The molecule has 0 atom stereocenters. The topological polar surface area (TPSA) is 104 Å². The number of carbonyl (C=O) groups is 3. The van der Waals surface area contributed by atoms with Crippen LogP contribution in [0, 0.1) is 11.3 Å². The molecule has 0 aromatic carbocycles. The molecule has 1 aromatic heterocycles. The van der Waals surface area contributed by atoms with Crippen molar-refractivity contribution in [1.82, 2.24) is 14.8 Å². The maximum absolute atomic E-state index is 12.0. The summed E-state index contributed by atoms with van der Waals surface area (Å²) in [5, 5.41) is 8.81. The fourth-order valence-electron chi connectivity index (χ4n) is 2.46. The molecular formula is C15H14N4O4. The number of imide groups is 1. The number of ether oxygens (including phenoxy) is 1. The lowest BCUT2D eigenvalue weighted by molar-refractivity contribution is -0.149. The number of aromatic nitrogens is 1. The minimum atomic E-state index is -0.297. The number of carbonyl (C=O) groups excluding carboxylic acids is 3. The van der Waals surface area contributed by atoms with Crippen molar-refractivity contribution in [2.75, 3.05) is 19.6 Å². The van der Waals surface area contributed by atoms with E-state index in [9.17, 15) is 14.4 Å². The van der Waals surface area contributed by atoms with Crippen LogP contribution in [0.25, 0.3) is 0 Å². The first-order valence-electron chi connectivity index (χ1n) is 7.20. The van der Waals surface area contributed by atoms with Crippen molar-refractivity contribution >= 4 is 17.7 Å². The molecule has 2 fully saturated rings. The van der Waals surface area contributed by atoms with Crippen molar-refractivity contribution in [2.45, 2.75) is 18.9 Å². The number of likely N-dealkylation sites (tertiary alicyclic amines) is 2. The van der Waals surface area contributed by atoms with Crippen molar-refractivity contribution in [3.63, 3.8) is 0 Å². The lowest BCUT2D eigenvalue weighted by atomic mass is 10.1. The Hall–Kier alpha value is -2.95. The number of pyridine rings is 1. The van der Waals surface area contributed by atoms with E-state index in [0.29, 0.717) is 24.5 Å². The standard InChI is InChI=1S/C15H14N4O4/c16-6-10-3-4-17-12(5-10)23-11-7-18(8-11)15(22)9-19-13(20)1-2-14(19)21/h3-5,11H,1-2,7-9H2. The van der Waals surface area contributed by atoms with E-state index in [0.717, 1.165) is 4.90 Å². The van der Waals surface area contributed by atoms with E-state index >= 15 is 0 Å². The number of rotatable bonds is 4. The molecule has 8 nitrogen and oxygen atoms in total. The van der Waals surface area contributed by atoms with E-state index in [2.05, 4.69) is 4.98 Å². The Morgan fingerprint density at radius 1 is 1.35 bits per heavy atom. The lowest BCUT2D eigenvalue weighted by Gasteiger charge is -2.39. The molecule has 0 bridgehead atoms. The number of hydrogen-bond acceptors (Lipinski definition) is 6. The Kier molecular flexibility index (Phi) is 3.93. The monoisotopic (exact) mass is 314 g/mol. The SMILES string of the molecule is N#Cc1ccnc(OC2CN(C(=O)CN3C(=O)CCC3=O)C2)c1. The first-order valence-corrected chi connectivity index (χ1v) is 7.20. The second-order valence-corrected chi connectivity index (χ2v) is 5.41. The molecule has 118 valence electrons. The lowest BCUT2D eigenvalue weighted by Crippen LogP contribution is -2.58. The van der Waals surface area contributed by atoms with Crippen LogP contribution in [0.15, 0.2) is 18.3 Å². The Bertz CT molecular complexity index is 690. The van der Waals surface area contributed by atoms with Gasteiger partial charge in [-0.25, -0.2) is 4.98 Å². The first-order chi connectivity index (χ1) is 11.1. The average molecular weight is 314 g/mol. The molecular weight excluding hydrogens is 300 g/mol. The highest BCUT2D eigenvalue weighted by molar-refractivity contribution is 6.04. The summed E-state index contributed by atoms with van der Waals surface area (Å²) in [6, 6.07) is 5.11. The summed E-state index contributed by atoms with van der Waals surface area (Å²) in [5.74, 6) is -0.526. The second kappa shape index (κ2) is 6.04. The van der Waals surface area contributed by atoms with E-state index in [1.165, 1.54) is 17.2 Å². The summed E-state index contributed by atoms with van der Waals surface area (Å²) in [5.41, 5.74) is 0.452. The predicted octanol–water partition coefficient (Wildman–Crippen LogP) is -0.308. The zero-order valence-corrected chi connectivity index (χ0v) is 12.3. The number of amides is 3. The van der Waals surface area contributed by atoms with Crippen LogP contribution in [0.4, 0.5) is 0 Å². The number of hydrogen-bond donors (Lipinski definition) is 0. The van der Waals surface area contributed by atoms with Gasteiger partial charge >= 0.3 is 0 Å². The Morgan fingerprint density at radius 2 is 2.04 bits per heavy atom. The van der Waals surface area contributed by atoms with Crippen molar-refractivity contribution in [3.05, 3.63) is 23.9 Å². The quantitative estimate of drug-likeness (QED) is 0.706. The summed E-state index contributed by atoms with van der Waals surface area (Å²) in [7, 11) is 0. The third-order valence-electron chi connectivity index (χ3n) is 3.80. The molecule has 1 aromatic rings. The third-order valence-corrected chi connectivity index (χ3v) is 3.80. The molecule has 0 radical (unpaired) electrons. The van der Waals surface area contributed by atoms with Gasteiger partial charge in [0.15, 0.2) is 0 Å². The summed E-state index contributed by atoms with van der Waals surface area (Å²) < 4.78 is 5.58. The van der Waals surface area contributed by atoms with E-state index in [-0.39, 0.29) is 43.2 Å². The van der Waals surface area contributed by atoms with Crippen LogP contribution >= 0.6 is 0 Å². The number of nitrogens with zero attached hydrogens (tertiary/aromatic N) is 4. The van der Waals surface area contributed by atoms with E-state index < -0.39 is 0 Å². The summed E-state index contributed by atoms with van der Waals surface area (Å²) in [4.78, 5) is 41.6. The minimum Gasteiger partial charge on any atom is -0.471 e. The van der Waals surface area contributed by atoms with Crippen molar-refractivity contribution < 1.29 is 19.1 Å². The minimum absolute atomic E-state index is 0.179. The van der Waals surface area contributed by atoms with Crippen LogP contribution in [-0.2, 0) is 14.4 Å². The van der Waals surface area contributed by atoms with Gasteiger partial charge in [0.25, 0.3) is 0 Å². The molecule has 0 aliphatic carbocycles. The van der Waals surface area contributed by atoms with Crippen LogP contribution in [-0.4, -0.2) is 58.2 Å². The molecule has 8 heteroatoms. The normalized spacial score (nSPS) is 17.9. The fraction of sp³-hybridized carbons (Fsp3) is 0.400. The summed E-state index contributed by atoms with van der Waals surface area (Å²) in [6.07, 6.45) is 1.64. The Balaban J connectivity index is 1.49. The van der Waals surface area contributed by atoms with Crippen LogP contribution in [0.5, 0.6) is 5.88 Å². The second-order valence-electron chi connectivity index (χ2n) is 5.41. The summed E-state index contributed by atoms with van der Waals surface area (Å²) in [6.45, 7) is 0.535. The van der Waals surface area contributed by atoms with E-state index in [4.69, 9.17) is 10.00 Å². The smallest absolute Gasteiger partial charge is 0.243 e. The molecule has 0 spiro atoms. The van der Waals surface area contributed by atoms with Gasteiger partial charge in [0.05, 0.1) is 24.7 Å². The van der Waals surface area contributed by atoms with Gasteiger partial charge in [0, 0.05) is 25.1 Å². The highest BCUT2D eigenvalue weighted by Crippen LogP contribution is 2.18. The van der Waals surface area contributed by atoms with Crippen LogP contribution in [0.1, 0.15) is 18.4 Å². The van der Waals surface area contributed by atoms with Gasteiger partial charge in [-0.2, -0.15) is 5.26 Å². The molecule has 2 saturated heterocycles. The van der Waals surface area contributed by atoms with Crippen molar-refractivity contribution in [2.24, 2.45) is 0 Å². The molecule has 0 unspecified atom stereocenters. The first kappa shape index (κ1) is 15.0. The molecule has 3 heterocycles. The molecule has 3 rings (SSSR count). The van der Waals surface area contributed by atoms with E-state index in [1.54, 1.807) is 6.07 Å². The molecule has 2 aliphatic rings. The molecule has 0 saturated carbocycles. The zero-order valence-electron chi connectivity index (χ0n) is 12.3. The zero-order chi connectivity index (χ0) is 16.4. The van der Waals surface area contributed by atoms with Gasteiger partial charge in [-0.1, -0.05) is 0 Å². The third kappa shape index (κ3) is 3.13. The van der Waals surface area contributed by atoms with Crippen molar-refractivity contribution in [3.8, 4) is 11.9 Å². The van der Waals surface area contributed by atoms with Gasteiger partial charge < -0.3 is 9.64 Å². The van der Waals surface area contributed by atoms with Crippen molar-refractivity contribution in [1.29, 1.82) is 5.26 Å². The Labute approximate surface area is 132 Å². The van der Waals surface area contributed by atoms with Gasteiger partial charge in [-0.05, 0) is 6.07 Å². The average Bonchev–Trinajstić information content (AvgIpc) is 2.82. The van der Waals surface area contributed by atoms with Gasteiger partial charge in [-0.15, -0.1) is 0 Å². The fourth-order valence-corrected chi connectivity index (χ4v) is 2.46. The Morgan fingerprint density at radius 3 is 2.70 bits per heavy atom. The highest BCUT2D eigenvalue weighted by Gasteiger charge is 2.36. The highest BCUT2D eigenvalue weighted by atomic mass is 16.5. The van der Waals surface area contributed by atoms with Gasteiger partial charge in [0.2, 0.25) is 23.6 Å². The van der Waals surface area contributed by atoms with Crippen LogP contribution in [0.2, 0.25) is 0 Å². The molecule has 23 heavy (non-hydrogen) atoms. The largest absolute Gasteiger partial charge is 0.471 e.